The van der Waals surface area contributed by atoms with Crippen LogP contribution in [0.4, 0.5) is 0 Å². The third-order valence-corrected chi connectivity index (χ3v) is 4.63. The Morgan fingerprint density at radius 3 is 2.48 bits per heavy atom. The molecule has 4 nitrogen and oxygen atoms in total. The Morgan fingerprint density at radius 1 is 1.19 bits per heavy atom. The van der Waals surface area contributed by atoms with Gasteiger partial charge in [0, 0.05) is 16.5 Å². The maximum atomic E-state index is 12.5. The number of ether oxygens (including phenoxy) is 2. The minimum absolute atomic E-state index is 0.147. The van der Waals surface area contributed by atoms with Gasteiger partial charge in [0.05, 0.1) is 12.7 Å². The quantitative estimate of drug-likeness (QED) is 0.745. The highest BCUT2D eigenvalue weighted by Crippen LogP contribution is 2.50. The van der Waals surface area contributed by atoms with Gasteiger partial charge >= 0.3 is 0 Å². The molecule has 21 heavy (non-hydrogen) atoms. The molecular weight excluding hydrogens is 268 g/mol. The smallest absolute Gasteiger partial charge is 0.234 e. The van der Waals surface area contributed by atoms with Crippen molar-refractivity contribution in [2.75, 3.05) is 7.11 Å². The van der Waals surface area contributed by atoms with Crippen LogP contribution >= 0.6 is 0 Å². The van der Waals surface area contributed by atoms with Gasteiger partial charge in [0.2, 0.25) is 11.6 Å². The van der Waals surface area contributed by atoms with Crippen molar-refractivity contribution in [3.63, 3.8) is 0 Å². The van der Waals surface area contributed by atoms with E-state index >= 15 is 0 Å². The normalized spacial score (nSPS) is 22.8. The topological polar surface area (TPSA) is 52.6 Å². The third-order valence-electron chi connectivity index (χ3n) is 4.63. The number of aryl methyl sites for hydroxylation is 1. The maximum absolute atomic E-state index is 12.5. The van der Waals surface area contributed by atoms with Crippen molar-refractivity contribution in [3.05, 3.63) is 34.4 Å². The summed E-state index contributed by atoms with van der Waals surface area (Å²) in [7, 11) is 1.54. The zero-order chi connectivity index (χ0) is 15.5. The molecule has 1 atom stereocenters. The molecule has 4 heteroatoms. The number of methoxy groups -OCH3 is 1. The molecule has 110 valence electrons. The summed E-state index contributed by atoms with van der Waals surface area (Å²) in [5.74, 6) is 0.199. The lowest BCUT2D eigenvalue weighted by molar-refractivity contribution is -0.112. The predicted octanol–water partition coefficient (Wildman–Crippen LogP) is 2.93. The van der Waals surface area contributed by atoms with E-state index in [2.05, 4.69) is 0 Å². The molecule has 0 bridgehead atoms. The number of Topliss-reactive ketones (excluding diaryl/α,β-unsaturated/α-hetero) is 2. The molecular formula is C17H18O4. The monoisotopic (exact) mass is 286 g/mol. The number of carbonyl (C=O) groups excluding carboxylic acids is 2. The average Bonchev–Trinajstić information content (AvgIpc) is 2.66. The molecule has 1 aliphatic heterocycles. The number of carbonyl (C=O) groups is 2. The van der Waals surface area contributed by atoms with Gasteiger partial charge in [-0.25, -0.2) is 0 Å². The van der Waals surface area contributed by atoms with Crippen molar-refractivity contribution < 1.29 is 19.1 Å². The fourth-order valence-corrected chi connectivity index (χ4v) is 3.05. The molecule has 1 aliphatic carbocycles. The van der Waals surface area contributed by atoms with E-state index in [4.69, 9.17) is 9.47 Å². The second-order valence-corrected chi connectivity index (χ2v) is 6.21. The van der Waals surface area contributed by atoms with Crippen LogP contribution in [0.1, 0.15) is 42.3 Å². The summed E-state index contributed by atoms with van der Waals surface area (Å²) in [6.45, 7) is 7.70. The molecule has 0 amide bonds. The summed E-state index contributed by atoms with van der Waals surface area (Å²) >= 11 is 0. The van der Waals surface area contributed by atoms with E-state index in [9.17, 15) is 9.59 Å². The largest absolute Gasteiger partial charge is 0.497 e. The number of hydrogen-bond donors (Lipinski definition) is 0. The first-order valence-electron chi connectivity index (χ1n) is 6.98. The van der Waals surface area contributed by atoms with Crippen molar-refractivity contribution in [1.82, 2.24) is 0 Å². The lowest BCUT2D eigenvalue weighted by Gasteiger charge is -2.24. The number of benzene rings is 1. The molecule has 1 heterocycles. The Balaban J connectivity index is 2.34. The molecule has 1 aromatic carbocycles. The Morgan fingerprint density at radius 2 is 1.86 bits per heavy atom. The van der Waals surface area contributed by atoms with Gasteiger partial charge in [-0.1, -0.05) is 13.8 Å². The molecule has 1 aromatic rings. The Hall–Kier alpha value is -2.10. The van der Waals surface area contributed by atoms with Gasteiger partial charge < -0.3 is 9.47 Å². The first kappa shape index (κ1) is 13.9. The Bertz CT molecular complexity index is 710. The SMILES string of the molecule is COc1cc(C)c2c(c1)C(=O)C(=O)C1=C2O[C@H](C)C1(C)C. The van der Waals surface area contributed by atoms with Crippen LogP contribution < -0.4 is 4.74 Å². The standard InChI is InChI=1S/C17H18O4/c1-8-6-10(20-5)7-11-12(8)16-13(15(19)14(11)18)17(3,4)9(2)21-16/h6-7,9H,1-5H3/t9-/m1/s1. The highest BCUT2D eigenvalue weighted by molar-refractivity contribution is 6.52. The van der Waals surface area contributed by atoms with E-state index in [1.165, 1.54) is 7.11 Å². The summed E-state index contributed by atoms with van der Waals surface area (Å²) in [6, 6.07) is 3.47. The molecule has 0 unspecified atom stereocenters. The molecule has 0 fully saturated rings. The van der Waals surface area contributed by atoms with Crippen LogP contribution in [0.2, 0.25) is 0 Å². The van der Waals surface area contributed by atoms with E-state index in [0.29, 0.717) is 22.6 Å². The lowest BCUT2D eigenvalue weighted by Crippen LogP contribution is -2.32. The van der Waals surface area contributed by atoms with Crippen LogP contribution in [-0.2, 0) is 9.53 Å². The first-order chi connectivity index (χ1) is 9.78. The van der Waals surface area contributed by atoms with Gasteiger partial charge in [-0.2, -0.15) is 0 Å². The van der Waals surface area contributed by atoms with E-state index < -0.39 is 17.0 Å². The Labute approximate surface area is 123 Å². The summed E-state index contributed by atoms with van der Waals surface area (Å²) in [4.78, 5) is 25.0. The first-order valence-corrected chi connectivity index (χ1v) is 6.98. The molecule has 0 spiro atoms. The van der Waals surface area contributed by atoms with Gasteiger partial charge in [0.25, 0.3) is 0 Å². The van der Waals surface area contributed by atoms with Crippen LogP contribution in [0.5, 0.6) is 5.75 Å². The molecule has 0 N–H and O–H groups in total. The van der Waals surface area contributed by atoms with Crippen molar-refractivity contribution in [3.8, 4) is 5.75 Å². The van der Waals surface area contributed by atoms with E-state index in [0.717, 1.165) is 11.1 Å². The van der Waals surface area contributed by atoms with Gasteiger partial charge in [-0.05, 0) is 31.5 Å². The zero-order valence-electron chi connectivity index (χ0n) is 12.9. The molecule has 3 rings (SSSR count). The molecule has 0 saturated heterocycles. The summed E-state index contributed by atoms with van der Waals surface area (Å²) in [5.41, 5.74) is 2.02. The number of hydrogen-bond acceptors (Lipinski definition) is 4. The Kier molecular flexibility index (Phi) is 2.77. The molecule has 2 aliphatic rings. The van der Waals surface area contributed by atoms with Crippen molar-refractivity contribution in [2.45, 2.75) is 33.8 Å². The van der Waals surface area contributed by atoms with Crippen LogP contribution in [0, 0.1) is 12.3 Å². The van der Waals surface area contributed by atoms with E-state index in [-0.39, 0.29) is 6.10 Å². The van der Waals surface area contributed by atoms with Crippen LogP contribution in [0.15, 0.2) is 17.7 Å². The van der Waals surface area contributed by atoms with Gasteiger partial charge in [0.1, 0.15) is 17.6 Å². The summed E-state index contributed by atoms with van der Waals surface area (Å²) < 4.78 is 11.1. The minimum Gasteiger partial charge on any atom is -0.497 e. The third kappa shape index (κ3) is 1.68. The predicted molar refractivity (Wildman–Crippen MR) is 78.3 cm³/mol. The lowest BCUT2D eigenvalue weighted by atomic mass is 9.74. The van der Waals surface area contributed by atoms with Crippen LogP contribution in [0.25, 0.3) is 5.76 Å². The molecule has 0 aromatic heterocycles. The fourth-order valence-electron chi connectivity index (χ4n) is 3.05. The van der Waals surface area contributed by atoms with Gasteiger partial charge in [-0.15, -0.1) is 0 Å². The van der Waals surface area contributed by atoms with Crippen LogP contribution in [0.3, 0.4) is 0 Å². The van der Waals surface area contributed by atoms with Crippen molar-refractivity contribution in [1.29, 1.82) is 0 Å². The van der Waals surface area contributed by atoms with Crippen molar-refractivity contribution >= 4 is 17.3 Å². The highest BCUT2D eigenvalue weighted by atomic mass is 16.5. The second kappa shape index (κ2) is 4.20. The summed E-state index contributed by atoms with van der Waals surface area (Å²) in [6.07, 6.45) is -0.147. The fraction of sp³-hybridized carbons (Fsp3) is 0.412. The van der Waals surface area contributed by atoms with Crippen LogP contribution in [-0.4, -0.2) is 24.8 Å². The number of rotatable bonds is 1. The minimum atomic E-state index is -0.475. The average molecular weight is 286 g/mol. The molecule has 0 saturated carbocycles. The summed E-state index contributed by atoms with van der Waals surface area (Å²) in [5, 5.41) is 0. The second-order valence-electron chi connectivity index (χ2n) is 6.21. The number of fused-ring (bicyclic) bond motifs is 2. The van der Waals surface area contributed by atoms with E-state index in [1.54, 1.807) is 6.07 Å². The van der Waals surface area contributed by atoms with Gasteiger partial charge in [0.15, 0.2) is 0 Å². The maximum Gasteiger partial charge on any atom is 0.234 e. The molecule has 0 radical (unpaired) electrons. The van der Waals surface area contributed by atoms with Gasteiger partial charge in [-0.3, -0.25) is 9.59 Å². The van der Waals surface area contributed by atoms with E-state index in [1.807, 2.05) is 33.8 Å². The van der Waals surface area contributed by atoms with Crippen molar-refractivity contribution in [2.24, 2.45) is 5.41 Å². The highest BCUT2D eigenvalue weighted by Gasteiger charge is 2.50. The number of ketones is 2. The zero-order valence-corrected chi connectivity index (χ0v) is 12.9.